The van der Waals surface area contributed by atoms with Crippen molar-refractivity contribution in [1.82, 2.24) is 0 Å². The molecule has 200 valence electrons. The normalized spacial score (nSPS) is 10.9. The van der Waals surface area contributed by atoms with Gasteiger partial charge in [-0.15, -0.1) is 0 Å². The van der Waals surface area contributed by atoms with Crippen molar-refractivity contribution >= 4 is 29.4 Å². The highest BCUT2D eigenvalue weighted by Gasteiger charge is 2.09. The van der Waals surface area contributed by atoms with Crippen LogP contribution in [0.2, 0.25) is 0 Å². The van der Waals surface area contributed by atoms with E-state index >= 15 is 0 Å². The molecular weight excluding hydrogens is 480 g/mol. The number of nitrogens with two attached hydrogens (primary N) is 2. The summed E-state index contributed by atoms with van der Waals surface area (Å²) in [4.78, 5) is 24.3. The summed E-state index contributed by atoms with van der Waals surface area (Å²) in [6, 6.07) is 19.6. The van der Waals surface area contributed by atoms with Crippen molar-refractivity contribution in [3.8, 4) is 11.5 Å². The van der Waals surface area contributed by atoms with Crippen molar-refractivity contribution in [3.63, 3.8) is 0 Å². The minimum atomic E-state index is -0.478. The summed E-state index contributed by atoms with van der Waals surface area (Å²) < 4.78 is 16.3. The van der Waals surface area contributed by atoms with E-state index in [0.29, 0.717) is 41.5 Å². The number of aryl methyl sites for hydroxylation is 1. The molecule has 4 N–H and O–H groups in total. The lowest BCUT2D eigenvalue weighted by molar-refractivity contribution is -0.128. The fourth-order valence-corrected chi connectivity index (χ4v) is 3.76. The summed E-state index contributed by atoms with van der Waals surface area (Å²) in [5, 5.41) is 0. The molecule has 0 aliphatic heterocycles. The van der Waals surface area contributed by atoms with Gasteiger partial charge in [0.2, 0.25) is 0 Å². The molecule has 0 bridgehead atoms. The maximum absolute atomic E-state index is 12.2. The lowest BCUT2D eigenvalue weighted by atomic mass is 10.1. The molecule has 0 aliphatic carbocycles. The molecule has 0 aliphatic rings. The number of carbonyl (C=O) groups is 2. The Bertz CT molecular complexity index is 1180. The molecule has 7 nitrogen and oxygen atoms in total. The molecule has 0 amide bonds. The molecule has 3 rings (SSSR count). The van der Waals surface area contributed by atoms with Gasteiger partial charge in [-0.2, -0.15) is 0 Å². The highest BCUT2D eigenvalue weighted by Crippen LogP contribution is 2.17. The Morgan fingerprint density at radius 1 is 0.789 bits per heavy atom. The highest BCUT2D eigenvalue weighted by atomic mass is 16.5. The van der Waals surface area contributed by atoms with E-state index < -0.39 is 11.9 Å². The predicted molar refractivity (Wildman–Crippen MR) is 151 cm³/mol. The first kappa shape index (κ1) is 28.3. The van der Waals surface area contributed by atoms with Gasteiger partial charge in [0.1, 0.15) is 11.5 Å². The molecule has 0 unspecified atom stereocenters. The van der Waals surface area contributed by atoms with Crippen LogP contribution in [0.4, 0.5) is 11.4 Å². The Morgan fingerprint density at radius 2 is 1.47 bits per heavy atom. The molecule has 0 atom stereocenters. The van der Waals surface area contributed by atoms with E-state index in [0.717, 1.165) is 12.0 Å². The van der Waals surface area contributed by atoms with Crippen molar-refractivity contribution in [1.29, 1.82) is 0 Å². The van der Waals surface area contributed by atoms with Crippen LogP contribution in [0.25, 0.3) is 6.08 Å². The summed E-state index contributed by atoms with van der Waals surface area (Å²) in [6.07, 6.45) is 9.57. The van der Waals surface area contributed by atoms with Gasteiger partial charge in [-0.1, -0.05) is 50.5 Å². The Labute approximate surface area is 224 Å². The summed E-state index contributed by atoms with van der Waals surface area (Å²) in [6.45, 7) is 2.79. The molecule has 0 saturated heterocycles. The van der Waals surface area contributed by atoms with Crippen LogP contribution in [-0.4, -0.2) is 25.2 Å². The van der Waals surface area contributed by atoms with Crippen LogP contribution in [0.5, 0.6) is 11.5 Å². The van der Waals surface area contributed by atoms with Crippen LogP contribution in [0.3, 0.4) is 0 Å². The predicted octanol–water partition coefficient (Wildman–Crippen LogP) is 6.22. The zero-order valence-corrected chi connectivity index (χ0v) is 21.9. The SMILES string of the molecule is CCCCCCc1ccc(OC(=O)C=Cc2ccc(OCCCOC(=O)c3cc(N)cc(N)c3)cc2)cc1. The number of hydrogen-bond acceptors (Lipinski definition) is 7. The van der Waals surface area contributed by atoms with Crippen LogP contribution >= 0.6 is 0 Å². The van der Waals surface area contributed by atoms with E-state index in [9.17, 15) is 9.59 Å². The second-order valence-corrected chi connectivity index (χ2v) is 9.00. The first-order chi connectivity index (χ1) is 18.4. The van der Waals surface area contributed by atoms with E-state index in [-0.39, 0.29) is 6.61 Å². The molecule has 0 heterocycles. The van der Waals surface area contributed by atoms with Gasteiger partial charge in [-0.05, 0) is 72.5 Å². The standard InChI is InChI=1S/C31H36N2O5/c1-2-3-4-5-7-23-10-15-29(16-11-23)38-30(34)17-12-24-8-13-28(14-9-24)36-18-6-19-37-31(35)25-20-26(32)22-27(33)21-25/h8-17,20-22H,2-7,18-19,32-33H2,1H3. The number of nitrogen functional groups attached to an aromatic ring is 2. The van der Waals surface area contributed by atoms with Crippen LogP contribution in [0.15, 0.2) is 72.8 Å². The van der Waals surface area contributed by atoms with Gasteiger partial charge in [-0.25, -0.2) is 9.59 Å². The highest BCUT2D eigenvalue weighted by molar-refractivity contribution is 5.91. The number of benzene rings is 3. The Kier molecular flexibility index (Phi) is 11.2. The third-order valence-electron chi connectivity index (χ3n) is 5.76. The molecule has 3 aromatic carbocycles. The maximum Gasteiger partial charge on any atom is 0.338 e. The van der Waals surface area contributed by atoms with E-state index in [4.69, 9.17) is 25.7 Å². The van der Waals surface area contributed by atoms with E-state index in [1.165, 1.54) is 49.5 Å². The van der Waals surface area contributed by atoms with Crippen LogP contribution < -0.4 is 20.9 Å². The number of carbonyl (C=O) groups excluding carboxylic acids is 2. The summed E-state index contributed by atoms with van der Waals surface area (Å²) in [5.41, 5.74) is 14.6. The first-order valence-corrected chi connectivity index (χ1v) is 13.0. The van der Waals surface area contributed by atoms with Gasteiger partial charge in [-0.3, -0.25) is 0 Å². The third kappa shape index (κ3) is 10.0. The summed E-state index contributed by atoms with van der Waals surface area (Å²) >= 11 is 0. The van der Waals surface area contributed by atoms with Crippen LogP contribution in [0, 0.1) is 0 Å². The largest absolute Gasteiger partial charge is 0.493 e. The lowest BCUT2D eigenvalue weighted by Gasteiger charge is -2.08. The minimum Gasteiger partial charge on any atom is -0.493 e. The summed E-state index contributed by atoms with van der Waals surface area (Å²) in [5.74, 6) is 0.294. The van der Waals surface area contributed by atoms with Crippen molar-refractivity contribution in [2.45, 2.75) is 45.4 Å². The lowest BCUT2D eigenvalue weighted by Crippen LogP contribution is -2.10. The average molecular weight is 517 g/mol. The van der Waals surface area contributed by atoms with Gasteiger partial charge in [0.15, 0.2) is 0 Å². The molecule has 0 spiro atoms. The molecule has 0 fully saturated rings. The Hall–Kier alpha value is -4.26. The number of rotatable bonds is 14. The second-order valence-electron chi connectivity index (χ2n) is 9.00. The van der Waals surface area contributed by atoms with Crippen molar-refractivity contribution in [2.24, 2.45) is 0 Å². The van der Waals surface area contributed by atoms with Gasteiger partial charge in [0, 0.05) is 23.9 Å². The third-order valence-corrected chi connectivity index (χ3v) is 5.76. The quantitative estimate of drug-likeness (QED) is 0.0859. The van der Waals surface area contributed by atoms with Gasteiger partial charge in [0.25, 0.3) is 0 Å². The number of esters is 2. The maximum atomic E-state index is 12.2. The molecule has 7 heteroatoms. The second kappa shape index (κ2) is 15.1. The number of ether oxygens (including phenoxy) is 3. The van der Waals surface area contributed by atoms with Crippen LogP contribution in [0.1, 0.15) is 60.5 Å². The van der Waals surface area contributed by atoms with Gasteiger partial charge < -0.3 is 25.7 Å². The van der Waals surface area contributed by atoms with E-state index in [2.05, 4.69) is 6.92 Å². The zero-order chi connectivity index (χ0) is 27.2. The topological polar surface area (TPSA) is 114 Å². The molecule has 3 aromatic rings. The average Bonchev–Trinajstić information content (AvgIpc) is 2.90. The van der Waals surface area contributed by atoms with Gasteiger partial charge >= 0.3 is 11.9 Å². The summed E-state index contributed by atoms with van der Waals surface area (Å²) in [7, 11) is 0. The monoisotopic (exact) mass is 516 g/mol. The zero-order valence-electron chi connectivity index (χ0n) is 21.9. The van der Waals surface area contributed by atoms with Crippen LogP contribution in [-0.2, 0) is 16.0 Å². The number of anilines is 2. The van der Waals surface area contributed by atoms with E-state index in [1.807, 2.05) is 48.5 Å². The fraction of sp³-hybridized carbons (Fsp3) is 0.290. The molecule has 0 radical (unpaired) electrons. The number of unbranched alkanes of at least 4 members (excludes halogenated alkanes) is 3. The van der Waals surface area contributed by atoms with Crippen molar-refractivity contribution in [2.75, 3.05) is 24.7 Å². The van der Waals surface area contributed by atoms with E-state index in [1.54, 1.807) is 12.1 Å². The smallest absolute Gasteiger partial charge is 0.338 e. The van der Waals surface area contributed by atoms with Crippen molar-refractivity contribution in [3.05, 3.63) is 89.5 Å². The van der Waals surface area contributed by atoms with Gasteiger partial charge in [0.05, 0.1) is 18.8 Å². The fourth-order valence-electron chi connectivity index (χ4n) is 3.76. The number of hydrogen-bond donors (Lipinski definition) is 2. The first-order valence-electron chi connectivity index (χ1n) is 13.0. The van der Waals surface area contributed by atoms with Crippen molar-refractivity contribution < 1.29 is 23.8 Å². The molecule has 38 heavy (non-hydrogen) atoms. The molecule has 0 saturated carbocycles. The molecular formula is C31H36N2O5. The minimum absolute atomic E-state index is 0.207. The Morgan fingerprint density at radius 3 is 2.16 bits per heavy atom. The molecule has 0 aromatic heterocycles. The Balaban J connectivity index is 1.35.